The molecule has 2 heterocycles. The number of rotatable bonds is 5. The number of nitrogens with one attached hydrogen (secondary N) is 1. The van der Waals surface area contributed by atoms with Crippen LogP contribution in [0.5, 0.6) is 0 Å². The molecule has 7 nitrogen and oxygen atoms in total. The van der Waals surface area contributed by atoms with Crippen LogP contribution in [0.4, 0.5) is 0 Å². The molecule has 2 aromatic rings. The molecule has 0 spiro atoms. The van der Waals surface area contributed by atoms with E-state index in [2.05, 4.69) is 20.4 Å². The summed E-state index contributed by atoms with van der Waals surface area (Å²) in [5.41, 5.74) is 1.22. The van der Waals surface area contributed by atoms with E-state index in [0.717, 1.165) is 5.69 Å². The molecule has 1 atom stereocenters. The lowest BCUT2D eigenvalue weighted by Gasteiger charge is -2.20. The van der Waals surface area contributed by atoms with E-state index in [-0.39, 0.29) is 24.5 Å². The average Bonchev–Trinajstić information content (AvgIpc) is 2.91. The zero-order chi connectivity index (χ0) is 14.7. The molecule has 0 fully saturated rings. The van der Waals surface area contributed by atoms with E-state index in [1.165, 1.54) is 12.5 Å². The fraction of sp³-hybridized carbons (Fsp3) is 0.538. The van der Waals surface area contributed by atoms with Crippen molar-refractivity contribution in [2.24, 2.45) is 5.92 Å². The Bertz CT molecular complexity index is 608. The molecule has 0 aliphatic carbocycles. The van der Waals surface area contributed by atoms with Crippen molar-refractivity contribution in [1.29, 1.82) is 0 Å². The van der Waals surface area contributed by atoms with E-state index < -0.39 is 0 Å². The fourth-order valence-electron chi connectivity index (χ4n) is 2.02. The van der Waals surface area contributed by atoms with Gasteiger partial charge in [-0.2, -0.15) is 10.1 Å². The van der Waals surface area contributed by atoms with Gasteiger partial charge in [-0.3, -0.25) is 4.79 Å². The molecule has 0 aliphatic rings. The zero-order valence-corrected chi connectivity index (χ0v) is 11.9. The minimum Gasteiger partial charge on any atom is -0.394 e. The van der Waals surface area contributed by atoms with Gasteiger partial charge in [0.15, 0.2) is 0 Å². The highest BCUT2D eigenvalue weighted by Crippen LogP contribution is 2.11. The summed E-state index contributed by atoms with van der Waals surface area (Å²) in [5, 5.41) is 16.2. The van der Waals surface area contributed by atoms with Gasteiger partial charge in [0, 0.05) is 6.20 Å². The first-order chi connectivity index (χ1) is 9.58. The van der Waals surface area contributed by atoms with Crippen LogP contribution in [0.15, 0.2) is 12.5 Å². The third-order valence-corrected chi connectivity index (χ3v) is 3.30. The van der Waals surface area contributed by atoms with Gasteiger partial charge in [-0.05, 0) is 12.3 Å². The van der Waals surface area contributed by atoms with Crippen LogP contribution in [0, 0.1) is 5.92 Å². The van der Waals surface area contributed by atoms with Crippen molar-refractivity contribution in [2.75, 3.05) is 6.61 Å². The highest BCUT2D eigenvalue weighted by Gasteiger charge is 2.20. The minimum atomic E-state index is -0.279. The summed E-state index contributed by atoms with van der Waals surface area (Å²) in [6, 6.07) is -0.279. The Labute approximate surface area is 117 Å². The van der Waals surface area contributed by atoms with Gasteiger partial charge in [-0.15, -0.1) is 0 Å². The first-order valence-electron chi connectivity index (χ1n) is 6.67. The van der Waals surface area contributed by atoms with Crippen LogP contribution < -0.4 is 5.32 Å². The number of hydrogen-bond donors (Lipinski definition) is 2. The summed E-state index contributed by atoms with van der Waals surface area (Å²) in [6.07, 6.45) is 3.55. The van der Waals surface area contributed by atoms with Crippen molar-refractivity contribution in [3.63, 3.8) is 0 Å². The quantitative estimate of drug-likeness (QED) is 0.827. The van der Waals surface area contributed by atoms with Gasteiger partial charge in [-0.25, -0.2) is 9.50 Å². The van der Waals surface area contributed by atoms with Crippen LogP contribution in [-0.2, 0) is 6.42 Å². The Morgan fingerprint density at radius 3 is 2.80 bits per heavy atom. The van der Waals surface area contributed by atoms with Crippen molar-refractivity contribution in [3.05, 3.63) is 23.8 Å². The number of carbonyl (C=O) groups is 1. The third kappa shape index (κ3) is 2.62. The molecule has 0 saturated heterocycles. The summed E-state index contributed by atoms with van der Waals surface area (Å²) < 4.78 is 1.57. The molecule has 20 heavy (non-hydrogen) atoms. The van der Waals surface area contributed by atoms with Crippen LogP contribution in [0.1, 0.15) is 36.8 Å². The SMILES string of the molecule is CCc1c(C(=O)N[C@H](CO)C(C)C)cnc2ncnn12. The van der Waals surface area contributed by atoms with Crippen molar-refractivity contribution in [1.82, 2.24) is 24.9 Å². The molecule has 0 bridgehead atoms. The molecule has 7 heteroatoms. The Kier molecular flexibility index (Phi) is 4.29. The second-order valence-corrected chi connectivity index (χ2v) is 4.95. The number of carbonyl (C=O) groups excluding carboxylic acids is 1. The summed E-state index contributed by atoms with van der Waals surface area (Å²) in [4.78, 5) is 20.5. The summed E-state index contributed by atoms with van der Waals surface area (Å²) in [6.45, 7) is 5.74. The molecule has 108 valence electrons. The predicted molar refractivity (Wildman–Crippen MR) is 73.3 cm³/mol. The second kappa shape index (κ2) is 5.96. The van der Waals surface area contributed by atoms with E-state index in [0.29, 0.717) is 17.8 Å². The maximum atomic E-state index is 12.3. The number of aromatic nitrogens is 4. The van der Waals surface area contributed by atoms with Crippen LogP contribution in [0.2, 0.25) is 0 Å². The van der Waals surface area contributed by atoms with E-state index in [1.807, 2.05) is 20.8 Å². The predicted octanol–water partition coefficient (Wildman–Crippen LogP) is 0.433. The van der Waals surface area contributed by atoms with E-state index in [4.69, 9.17) is 0 Å². The highest BCUT2D eigenvalue weighted by molar-refractivity contribution is 5.95. The largest absolute Gasteiger partial charge is 0.394 e. The lowest BCUT2D eigenvalue weighted by Crippen LogP contribution is -2.41. The highest BCUT2D eigenvalue weighted by atomic mass is 16.3. The Morgan fingerprint density at radius 2 is 2.20 bits per heavy atom. The van der Waals surface area contributed by atoms with E-state index in [9.17, 15) is 9.90 Å². The van der Waals surface area contributed by atoms with Gasteiger partial charge < -0.3 is 10.4 Å². The van der Waals surface area contributed by atoms with Crippen molar-refractivity contribution >= 4 is 11.7 Å². The van der Waals surface area contributed by atoms with Gasteiger partial charge in [0.1, 0.15) is 6.33 Å². The summed E-state index contributed by atoms with van der Waals surface area (Å²) in [5.74, 6) is 0.373. The molecule has 2 rings (SSSR count). The average molecular weight is 277 g/mol. The van der Waals surface area contributed by atoms with Crippen molar-refractivity contribution in [3.8, 4) is 0 Å². The number of nitrogens with zero attached hydrogens (tertiary/aromatic N) is 4. The van der Waals surface area contributed by atoms with Crippen LogP contribution in [-0.4, -0.2) is 43.2 Å². The maximum Gasteiger partial charge on any atom is 0.255 e. The van der Waals surface area contributed by atoms with Gasteiger partial charge in [0.05, 0.1) is 23.9 Å². The smallest absolute Gasteiger partial charge is 0.255 e. The van der Waals surface area contributed by atoms with Crippen molar-refractivity contribution < 1.29 is 9.90 Å². The molecule has 1 amide bonds. The molecule has 2 N–H and O–H groups in total. The van der Waals surface area contributed by atoms with Gasteiger partial charge in [0.2, 0.25) is 0 Å². The first kappa shape index (κ1) is 14.4. The first-order valence-corrected chi connectivity index (χ1v) is 6.67. The third-order valence-electron chi connectivity index (χ3n) is 3.30. The summed E-state index contributed by atoms with van der Waals surface area (Å²) >= 11 is 0. The van der Waals surface area contributed by atoms with Crippen molar-refractivity contribution in [2.45, 2.75) is 33.2 Å². The number of fused-ring (bicyclic) bond motifs is 1. The number of aryl methyl sites for hydroxylation is 1. The number of hydrogen-bond acceptors (Lipinski definition) is 5. The zero-order valence-electron chi connectivity index (χ0n) is 11.9. The monoisotopic (exact) mass is 277 g/mol. The number of amides is 1. The Morgan fingerprint density at radius 1 is 1.45 bits per heavy atom. The van der Waals surface area contributed by atoms with Crippen LogP contribution in [0.25, 0.3) is 5.78 Å². The molecule has 2 aromatic heterocycles. The molecule has 0 saturated carbocycles. The lowest BCUT2D eigenvalue weighted by atomic mass is 10.0. The molecule has 0 unspecified atom stereocenters. The molecule has 0 radical (unpaired) electrons. The maximum absolute atomic E-state index is 12.3. The Balaban J connectivity index is 2.34. The van der Waals surface area contributed by atoms with E-state index >= 15 is 0 Å². The topological polar surface area (TPSA) is 92.4 Å². The standard InChI is InChI=1S/C13H19N5O2/c1-4-11-9(5-14-13-15-7-16-18(11)13)12(20)17-10(6-19)8(2)3/h5,7-8,10,19H,4,6H2,1-3H3,(H,17,20)/t10-/m1/s1. The minimum absolute atomic E-state index is 0.0934. The second-order valence-electron chi connectivity index (χ2n) is 4.95. The van der Waals surface area contributed by atoms with Gasteiger partial charge in [0.25, 0.3) is 11.7 Å². The van der Waals surface area contributed by atoms with Gasteiger partial charge in [-0.1, -0.05) is 20.8 Å². The van der Waals surface area contributed by atoms with Crippen LogP contribution in [0.3, 0.4) is 0 Å². The normalized spacial score (nSPS) is 12.8. The molecule has 0 aromatic carbocycles. The van der Waals surface area contributed by atoms with Crippen LogP contribution >= 0.6 is 0 Å². The summed E-state index contributed by atoms with van der Waals surface area (Å²) in [7, 11) is 0. The molecular weight excluding hydrogens is 258 g/mol. The molecule has 0 aliphatic heterocycles. The molecular formula is C13H19N5O2. The van der Waals surface area contributed by atoms with Gasteiger partial charge >= 0.3 is 0 Å². The fourth-order valence-corrected chi connectivity index (χ4v) is 2.02. The Hall–Kier alpha value is -2.02. The van der Waals surface area contributed by atoms with E-state index in [1.54, 1.807) is 4.52 Å². The number of aliphatic hydroxyl groups excluding tert-OH is 1. The number of aliphatic hydroxyl groups is 1. The lowest BCUT2D eigenvalue weighted by molar-refractivity contribution is 0.0895.